The Balaban J connectivity index is 1.63. The Labute approximate surface area is 123 Å². The van der Waals surface area contributed by atoms with E-state index < -0.39 is 0 Å². The first-order chi connectivity index (χ1) is 10.3. The fourth-order valence-corrected chi connectivity index (χ4v) is 3.39. The molecule has 5 heteroatoms. The second-order valence-electron chi connectivity index (χ2n) is 5.88. The molecular weight excluding hydrogens is 266 g/mol. The van der Waals surface area contributed by atoms with E-state index in [1.165, 1.54) is 11.1 Å². The van der Waals surface area contributed by atoms with Gasteiger partial charge in [0.25, 0.3) is 0 Å². The number of hydrogen-bond donors (Lipinski definition) is 1. The topological polar surface area (TPSA) is 60.2 Å². The Hall–Kier alpha value is -1.72. The second kappa shape index (κ2) is 5.24. The molecule has 21 heavy (non-hydrogen) atoms. The predicted octanol–water partition coefficient (Wildman–Crippen LogP) is 1.61. The maximum Gasteiger partial charge on any atom is 0.156 e. The highest BCUT2D eigenvalue weighted by atomic mass is 16.5. The Kier molecular flexibility index (Phi) is 3.24. The minimum Gasteiger partial charge on any atom is -0.388 e. The average Bonchev–Trinajstić information content (AvgIpc) is 3.24. The lowest BCUT2D eigenvalue weighted by Crippen LogP contribution is -2.14. The highest BCUT2D eigenvalue weighted by Gasteiger charge is 2.28. The first-order valence-corrected chi connectivity index (χ1v) is 7.56. The number of ether oxygens (including phenoxy) is 1. The molecule has 1 aliphatic carbocycles. The zero-order chi connectivity index (χ0) is 14.2. The molecule has 0 spiro atoms. The van der Waals surface area contributed by atoms with Crippen molar-refractivity contribution in [1.29, 1.82) is 0 Å². The fraction of sp³-hybridized carbons (Fsp3) is 0.500. The van der Waals surface area contributed by atoms with Crippen molar-refractivity contribution in [1.82, 2.24) is 14.8 Å². The zero-order valence-electron chi connectivity index (χ0n) is 11.9. The predicted molar refractivity (Wildman–Crippen MR) is 77.0 cm³/mol. The van der Waals surface area contributed by atoms with Crippen LogP contribution < -0.4 is 0 Å². The minimum atomic E-state index is -0.0621. The summed E-state index contributed by atoms with van der Waals surface area (Å²) in [6.45, 7) is 1.41. The lowest BCUT2D eigenvalue weighted by molar-refractivity contribution is 0.193. The van der Waals surface area contributed by atoms with Crippen LogP contribution in [-0.4, -0.2) is 33.1 Å². The van der Waals surface area contributed by atoms with Crippen LogP contribution in [0.4, 0.5) is 0 Å². The van der Waals surface area contributed by atoms with Crippen LogP contribution >= 0.6 is 0 Å². The van der Waals surface area contributed by atoms with Crippen molar-refractivity contribution >= 4 is 0 Å². The maximum absolute atomic E-state index is 9.60. The molecule has 1 N–H and O–H groups in total. The normalized spacial score (nSPS) is 21.9. The Morgan fingerprint density at radius 1 is 1.24 bits per heavy atom. The van der Waals surface area contributed by atoms with Crippen molar-refractivity contribution in [3.63, 3.8) is 0 Å². The van der Waals surface area contributed by atoms with E-state index in [0.29, 0.717) is 12.4 Å². The summed E-state index contributed by atoms with van der Waals surface area (Å²) in [5, 5.41) is 14.3. The number of rotatable bonds is 3. The van der Waals surface area contributed by atoms with Gasteiger partial charge in [0.05, 0.1) is 12.6 Å². The van der Waals surface area contributed by atoms with Crippen LogP contribution in [0.15, 0.2) is 24.3 Å². The van der Waals surface area contributed by atoms with Crippen LogP contribution in [-0.2, 0) is 24.2 Å². The first kappa shape index (κ1) is 13.0. The van der Waals surface area contributed by atoms with E-state index in [1.54, 1.807) is 0 Å². The molecule has 4 rings (SSSR count). The molecule has 1 aliphatic heterocycles. The highest BCUT2D eigenvalue weighted by Crippen LogP contribution is 2.31. The standard InChI is InChI=1S/C16H19N3O2/c20-9-15-17-16(13-5-6-21-10-13)18-19(15)14-7-11-3-1-2-4-12(11)8-14/h1-4,13-14,20H,5-10H2. The number of aromatic nitrogens is 3. The van der Waals surface area contributed by atoms with Gasteiger partial charge in [-0.3, -0.25) is 0 Å². The molecule has 2 heterocycles. The van der Waals surface area contributed by atoms with Gasteiger partial charge in [-0.25, -0.2) is 9.67 Å². The number of hydrogen-bond acceptors (Lipinski definition) is 4. The van der Waals surface area contributed by atoms with Crippen molar-refractivity contribution in [3.8, 4) is 0 Å². The molecule has 1 fully saturated rings. The maximum atomic E-state index is 9.60. The number of aliphatic hydroxyl groups is 1. The molecular formula is C16H19N3O2. The molecule has 1 aromatic carbocycles. The fourth-order valence-electron chi connectivity index (χ4n) is 3.39. The van der Waals surface area contributed by atoms with Crippen molar-refractivity contribution in [3.05, 3.63) is 47.0 Å². The SMILES string of the molecule is OCc1nc(C2CCOC2)nn1C1Cc2ccccc2C1. The van der Waals surface area contributed by atoms with E-state index in [9.17, 15) is 5.11 Å². The molecule has 5 nitrogen and oxygen atoms in total. The highest BCUT2D eigenvalue weighted by molar-refractivity contribution is 5.32. The van der Waals surface area contributed by atoms with Crippen LogP contribution in [0, 0.1) is 0 Å². The van der Waals surface area contributed by atoms with Crippen molar-refractivity contribution < 1.29 is 9.84 Å². The third kappa shape index (κ3) is 2.26. The van der Waals surface area contributed by atoms with E-state index in [0.717, 1.165) is 31.7 Å². The minimum absolute atomic E-state index is 0.0621. The van der Waals surface area contributed by atoms with Gasteiger partial charge in [0.1, 0.15) is 6.61 Å². The van der Waals surface area contributed by atoms with Gasteiger partial charge in [-0.2, -0.15) is 5.10 Å². The van der Waals surface area contributed by atoms with Gasteiger partial charge in [0, 0.05) is 12.5 Å². The van der Waals surface area contributed by atoms with Gasteiger partial charge in [-0.1, -0.05) is 24.3 Å². The van der Waals surface area contributed by atoms with E-state index in [2.05, 4.69) is 29.2 Å². The summed E-state index contributed by atoms with van der Waals surface area (Å²) >= 11 is 0. The van der Waals surface area contributed by atoms with Crippen LogP contribution in [0.2, 0.25) is 0 Å². The summed E-state index contributed by atoms with van der Waals surface area (Å²) in [6, 6.07) is 8.79. The van der Waals surface area contributed by atoms with Crippen molar-refractivity contribution in [2.24, 2.45) is 0 Å². The van der Waals surface area contributed by atoms with Crippen LogP contribution in [0.3, 0.4) is 0 Å². The van der Waals surface area contributed by atoms with Gasteiger partial charge in [0.15, 0.2) is 11.6 Å². The van der Waals surface area contributed by atoms with Gasteiger partial charge in [-0.15, -0.1) is 0 Å². The zero-order valence-corrected chi connectivity index (χ0v) is 11.9. The molecule has 1 aromatic heterocycles. The summed E-state index contributed by atoms with van der Waals surface area (Å²) in [4.78, 5) is 4.54. The molecule has 1 atom stereocenters. The molecule has 0 bridgehead atoms. The third-order valence-electron chi connectivity index (χ3n) is 4.53. The Bertz CT molecular complexity index is 622. The van der Waals surface area contributed by atoms with Gasteiger partial charge in [0.2, 0.25) is 0 Å². The molecule has 2 aliphatic rings. The smallest absolute Gasteiger partial charge is 0.156 e. The van der Waals surface area contributed by atoms with Crippen LogP contribution in [0.5, 0.6) is 0 Å². The summed E-state index contributed by atoms with van der Waals surface area (Å²) in [6.07, 6.45) is 2.90. The molecule has 2 aromatic rings. The summed E-state index contributed by atoms with van der Waals surface area (Å²) in [7, 11) is 0. The Morgan fingerprint density at radius 3 is 2.62 bits per heavy atom. The number of fused-ring (bicyclic) bond motifs is 1. The van der Waals surface area contributed by atoms with Crippen molar-refractivity contribution in [2.45, 2.75) is 37.8 Å². The van der Waals surface area contributed by atoms with Gasteiger partial charge in [-0.05, 0) is 30.4 Å². The molecule has 0 radical (unpaired) electrons. The van der Waals surface area contributed by atoms with E-state index in [4.69, 9.17) is 9.84 Å². The molecule has 1 saturated heterocycles. The molecule has 1 unspecified atom stereocenters. The van der Waals surface area contributed by atoms with E-state index in [1.807, 2.05) is 4.68 Å². The monoisotopic (exact) mass is 285 g/mol. The average molecular weight is 285 g/mol. The quantitative estimate of drug-likeness (QED) is 0.931. The first-order valence-electron chi connectivity index (χ1n) is 7.56. The lowest BCUT2D eigenvalue weighted by atomic mass is 10.1. The summed E-state index contributed by atoms with van der Waals surface area (Å²) < 4.78 is 7.36. The summed E-state index contributed by atoms with van der Waals surface area (Å²) in [5.74, 6) is 1.78. The van der Waals surface area contributed by atoms with E-state index >= 15 is 0 Å². The Morgan fingerprint density at radius 2 is 2.00 bits per heavy atom. The largest absolute Gasteiger partial charge is 0.388 e. The number of benzene rings is 1. The van der Waals surface area contributed by atoms with E-state index in [-0.39, 0.29) is 18.6 Å². The molecule has 0 saturated carbocycles. The second-order valence-corrected chi connectivity index (χ2v) is 5.88. The molecule has 0 amide bonds. The van der Waals surface area contributed by atoms with Crippen LogP contribution in [0.1, 0.15) is 41.2 Å². The lowest BCUT2D eigenvalue weighted by Gasteiger charge is -2.11. The number of aliphatic hydroxyl groups excluding tert-OH is 1. The van der Waals surface area contributed by atoms with Gasteiger partial charge >= 0.3 is 0 Å². The molecule has 110 valence electrons. The van der Waals surface area contributed by atoms with Crippen molar-refractivity contribution in [2.75, 3.05) is 13.2 Å². The van der Waals surface area contributed by atoms with Crippen LogP contribution in [0.25, 0.3) is 0 Å². The van der Waals surface area contributed by atoms with Gasteiger partial charge < -0.3 is 9.84 Å². The number of nitrogens with zero attached hydrogens (tertiary/aromatic N) is 3. The summed E-state index contributed by atoms with van der Waals surface area (Å²) in [5.41, 5.74) is 2.76. The third-order valence-corrected chi connectivity index (χ3v) is 4.53.